The van der Waals surface area contributed by atoms with Crippen molar-refractivity contribution in [2.45, 2.75) is 18.7 Å². The van der Waals surface area contributed by atoms with Gasteiger partial charge in [0.15, 0.2) is 0 Å². The zero-order chi connectivity index (χ0) is 18.1. The van der Waals surface area contributed by atoms with Gasteiger partial charge in [0.25, 0.3) is 0 Å². The molecule has 1 amide bonds. The van der Waals surface area contributed by atoms with E-state index in [-0.39, 0.29) is 5.56 Å². The Labute approximate surface area is 134 Å². The monoisotopic (exact) mass is 349 g/mol. The van der Waals surface area contributed by atoms with E-state index in [4.69, 9.17) is 5.11 Å². The number of carboxylic acid groups (broad SMARTS) is 1. The number of carboxylic acids is 1. The molecule has 1 fully saturated rings. The second-order valence-corrected chi connectivity index (χ2v) is 5.67. The van der Waals surface area contributed by atoms with Gasteiger partial charge in [-0.05, 0) is 17.7 Å². The van der Waals surface area contributed by atoms with E-state index >= 15 is 0 Å². The predicted octanol–water partition coefficient (Wildman–Crippen LogP) is 1.97. The Morgan fingerprint density at radius 2 is 1.96 bits per heavy atom. The number of rotatable bonds is 4. The van der Waals surface area contributed by atoms with Crippen LogP contribution in [-0.2, 0) is 9.59 Å². The standard InChI is InChI=1S/C15H15F4NO4/c16-9-3-1-2-8(4-9)12(21)5-13(22)20-6-10(14(23)24)11(7-20)15(17,18)19/h1-4,10-12,21H,5-7H2,(H,23,24)/t10-,11-,12?/m1/s1. The van der Waals surface area contributed by atoms with E-state index in [0.717, 1.165) is 17.0 Å². The van der Waals surface area contributed by atoms with Crippen LogP contribution in [-0.4, -0.2) is 46.3 Å². The number of nitrogens with zero attached hydrogens (tertiary/aromatic N) is 1. The van der Waals surface area contributed by atoms with Crippen molar-refractivity contribution in [3.8, 4) is 0 Å². The van der Waals surface area contributed by atoms with Gasteiger partial charge in [0.05, 0.1) is 24.4 Å². The van der Waals surface area contributed by atoms with Crippen LogP contribution in [0.3, 0.4) is 0 Å². The predicted molar refractivity (Wildman–Crippen MR) is 73.2 cm³/mol. The topological polar surface area (TPSA) is 77.8 Å². The Balaban J connectivity index is 2.06. The average molecular weight is 349 g/mol. The fraction of sp³-hybridized carbons (Fsp3) is 0.467. The van der Waals surface area contributed by atoms with Crippen molar-refractivity contribution in [1.82, 2.24) is 4.90 Å². The minimum absolute atomic E-state index is 0.115. The van der Waals surface area contributed by atoms with Crippen LogP contribution in [0.1, 0.15) is 18.1 Å². The number of halogens is 4. The number of aliphatic hydroxyl groups excluding tert-OH is 1. The van der Waals surface area contributed by atoms with Gasteiger partial charge in [-0.15, -0.1) is 0 Å². The zero-order valence-corrected chi connectivity index (χ0v) is 12.3. The fourth-order valence-corrected chi connectivity index (χ4v) is 2.72. The molecule has 132 valence electrons. The Morgan fingerprint density at radius 1 is 1.29 bits per heavy atom. The number of aliphatic carboxylic acids is 1. The summed E-state index contributed by atoms with van der Waals surface area (Å²) in [7, 11) is 0. The summed E-state index contributed by atoms with van der Waals surface area (Å²) < 4.78 is 51.8. The minimum Gasteiger partial charge on any atom is -0.481 e. The first-order valence-corrected chi connectivity index (χ1v) is 7.10. The third-order valence-electron chi connectivity index (χ3n) is 4.01. The number of hydrogen-bond acceptors (Lipinski definition) is 3. The van der Waals surface area contributed by atoms with Gasteiger partial charge in [0.1, 0.15) is 5.82 Å². The van der Waals surface area contributed by atoms with E-state index in [2.05, 4.69) is 0 Å². The molecule has 1 heterocycles. The Hall–Kier alpha value is -2.16. The molecular formula is C15H15F4NO4. The van der Waals surface area contributed by atoms with E-state index in [1.807, 2.05) is 0 Å². The fourth-order valence-electron chi connectivity index (χ4n) is 2.72. The van der Waals surface area contributed by atoms with E-state index in [1.54, 1.807) is 0 Å². The van der Waals surface area contributed by atoms with Crippen molar-refractivity contribution >= 4 is 11.9 Å². The molecular weight excluding hydrogens is 334 g/mol. The average Bonchev–Trinajstić information content (AvgIpc) is 2.92. The lowest BCUT2D eigenvalue weighted by molar-refractivity contribution is -0.188. The Bertz CT molecular complexity index is 634. The number of aliphatic hydroxyl groups is 1. The Kier molecular flexibility index (Phi) is 5.12. The lowest BCUT2D eigenvalue weighted by Gasteiger charge is -2.19. The summed E-state index contributed by atoms with van der Waals surface area (Å²) in [5.41, 5.74) is 0.115. The molecule has 1 aromatic rings. The molecule has 3 atom stereocenters. The highest BCUT2D eigenvalue weighted by Gasteiger charge is 2.53. The summed E-state index contributed by atoms with van der Waals surface area (Å²) in [5, 5.41) is 18.8. The number of benzene rings is 1. The molecule has 0 aliphatic carbocycles. The molecule has 1 aliphatic heterocycles. The zero-order valence-electron chi connectivity index (χ0n) is 12.3. The van der Waals surface area contributed by atoms with E-state index in [0.29, 0.717) is 0 Å². The molecule has 1 saturated heterocycles. The van der Waals surface area contributed by atoms with Crippen LogP contribution in [0.25, 0.3) is 0 Å². The van der Waals surface area contributed by atoms with Crippen molar-refractivity contribution < 1.29 is 37.4 Å². The third kappa shape index (κ3) is 4.02. The highest BCUT2D eigenvalue weighted by molar-refractivity contribution is 5.79. The second kappa shape index (κ2) is 6.76. The molecule has 0 aromatic heterocycles. The van der Waals surface area contributed by atoms with Crippen LogP contribution >= 0.6 is 0 Å². The van der Waals surface area contributed by atoms with Gasteiger partial charge >= 0.3 is 12.1 Å². The molecule has 0 bridgehead atoms. The maximum atomic E-state index is 13.1. The minimum atomic E-state index is -4.74. The molecule has 0 spiro atoms. The van der Waals surface area contributed by atoms with Crippen LogP contribution in [0.5, 0.6) is 0 Å². The van der Waals surface area contributed by atoms with Gasteiger partial charge in [0, 0.05) is 13.1 Å². The number of carbonyl (C=O) groups excluding carboxylic acids is 1. The number of amides is 1. The van der Waals surface area contributed by atoms with E-state index < -0.39 is 61.3 Å². The summed E-state index contributed by atoms with van der Waals surface area (Å²) >= 11 is 0. The molecule has 1 unspecified atom stereocenters. The maximum Gasteiger partial charge on any atom is 0.394 e. The smallest absolute Gasteiger partial charge is 0.394 e. The second-order valence-electron chi connectivity index (χ2n) is 5.67. The Morgan fingerprint density at radius 3 is 2.46 bits per heavy atom. The largest absolute Gasteiger partial charge is 0.481 e. The van der Waals surface area contributed by atoms with Crippen LogP contribution in [0, 0.1) is 17.7 Å². The summed E-state index contributed by atoms with van der Waals surface area (Å²) in [6.07, 6.45) is -6.68. The van der Waals surface area contributed by atoms with Crippen molar-refractivity contribution in [1.29, 1.82) is 0 Å². The van der Waals surface area contributed by atoms with Crippen molar-refractivity contribution in [3.05, 3.63) is 35.6 Å². The molecule has 9 heteroatoms. The van der Waals surface area contributed by atoms with Crippen LogP contribution < -0.4 is 0 Å². The van der Waals surface area contributed by atoms with Crippen molar-refractivity contribution in [2.75, 3.05) is 13.1 Å². The van der Waals surface area contributed by atoms with Crippen LogP contribution in [0.4, 0.5) is 17.6 Å². The summed E-state index contributed by atoms with van der Waals surface area (Å²) in [6.45, 7) is -1.34. The van der Waals surface area contributed by atoms with Crippen LogP contribution in [0.2, 0.25) is 0 Å². The molecule has 1 aliphatic rings. The first kappa shape index (κ1) is 18.2. The molecule has 2 N–H and O–H groups in total. The number of hydrogen-bond donors (Lipinski definition) is 2. The SMILES string of the molecule is O=C(O)[C@@H]1CN(C(=O)CC(O)c2cccc(F)c2)C[C@H]1C(F)(F)F. The lowest BCUT2D eigenvalue weighted by atomic mass is 9.96. The number of carbonyl (C=O) groups is 2. The normalized spacial score (nSPS) is 22.5. The first-order chi connectivity index (χ1) is 11.1. The van der Waals surface area contributed by atoms with Gasteiger partial charge in [-0.1, -0.05) is 12.1 Å². The number of alkyl halides is 3. The first-order valence-electron chi connectivity index (χ1n) is 7.10. The highest BCUT2D eigenvalue weighted by Crippen LogP contribution is 2.38. The molecule has 1 aromatic carbocycles. The molecule has 5 nitrogen and oxygen atoms in total. The summed E-state index contributed by atoms with van der Waals surface area (Å²) in [5.74, 6) is -6.95. The van der Waals surface area contributed by atoms with Gasteiger partial charge < -0.3 is 15.1 Å². The van der Waals surface area contributed by atoms with Crippen LogP contribution in [0.15, 0.2) is 24.3 Å². The maximum absolute atomic E-state index is 13.1. The molecule has 2 rings (SSSR count). The highest BCUT2D eigenvalue weighted by atomic mass is 19.4. The van der Waals surface area contributed by atoms with Crippen molar-refractivity contribution in [3.63, 3.8) is 0 Å². The quantitative estimate of drug-likeness (QED) is 0.815. The lowest BCUT2D eigenvalue weighted by Crippen LogP contribution is -2.34. The van der Waals surface area contributed by atoms with E-state index in [9.17, 15) is 32.3 Å². The van der Waals surface area contributed by atoms with Gasteiger partial charge in [-0.25, -0.2) is 4.39 Å². The van der Waals surface area contributed by atoms with Gasteiger partial charge in [-0.2, -0.15) is 13.2 Å². The van der Waals surface area contributed by atoms with Gasteiger partial charge in [-0.3, -0.25) is 9.59 Å². The van der Waals surface area contributed by atoms with E-state index in [1.165, 1.54) is 12.1 Å². The summed E-state index contributed by atoms with van der Waals surface area (Å²) in [6, 6.07) is 4.86. The molecule has 0 saturated carbocycles. The van der Waals surface area contributed by atoms with Crippen molar-refractivity contribution in [2.24, 2.45) is 11.8 Å². The number of likely N-dealkylation sites (tertiary alicyclic amines) is 1. The third-order valence-corrected chi connectivity index (χ3v) is 4.01. The molecule has 24 heavy (non-hydrogen) atoms. The summed E-state index contributed by atoms with van der Waals surface area (Å²) in [4.78, 5) is 23.8. The molecule has 0 radical (unpaired) electrons. The van der Waals surface area contributed by atoms with Gasteiger partial charge in [0.2, 0.25) is 5.91 Å².